The van der Waals surface area contributed by atoms with Crippen LogP contribution in [0.25, 0.3) is 0 Å². The number of rotatable bonds is 3. The van der Waals surface area contributed by atoms with Gasteiger partial charge in [-0.2, -0.15) is 0 Å². The van der Waals surface area contributed by atoms with Gasteiger partial charge >= 0.3 is 0 Å². The lowest BCUT2D eigenvalue weighted by Gasteiger charge is -2.10. The van der Waals surface area contributed by atoms with Crippen molar-refractivity contribution in [3.05, 3.63) is 59.4 Å². The molecule has 0 spiro atoms. The Morgan fingerprint density at radius 2 is 1.95 bits per heavy atom. The maximum Gasteiger partial charge on any atom is 0.258 e. The van der Waals surface area contributed by atoms with Gasteiger partial charge in [-0.25, -0.2) is 4.39 Å². The third kappa shape index (κ3) is 3.15. The fourth-order valence-electron chi connectivity index (χ4n) is 1.89. The van der Waals surface area contributed by atoms with Crippen molar-refractivity contribution in [2.75, 3.05) is 11.1 Å². The first-order valence-corrected chi connectivity index (χ1v) is 6.43. The third-order valence-electron chi connectivity index (χ3n) is 3.05. The van der Waals surface area contributed by atoms with Crippen LogP contribution in [0.3, 0.4) is 0 Å². The SMILES string of the molecule is CC(C)c1cccc(NC(=O)c2cc(N)ccc2F)c1. The van der Waals surface area contributed by atoms with Crippen LogP contribution in [0.4, 0.5) is 15.8 Å². The summed E-state index contributed by atoms with van der Waals surface area (Å²) in [6.45, 7) is 4.14. The van der Waals surface area contributed by atoms with Gasteiger partial charge < -0.3 is 11.1 Å². The fraction of sp³-hybridized carbons (Fsp3) is 0.188. The minimum absolute atomic E-state index is 0.0556. The Bertz CT molecular complexity index is 638. The molecule has 0 fully saturated rings. The first kappa shape index (κ1) is 14.1. The summed E-state index contributed by atoms with van der Waals surface area (Å²) in [5, 5.41) is 2.69. The molecular formula is C16H17FN2O. The second-order valence-electron chi connectivity index (χ2n) is 4.97. The predicted octanol–water partition coefficient (Wildman–Crippen LogP) is 3.78. The van der Waals surface area contributed by atoms with Gasteiger partial charge in [-0.1, -0.05) is 26.0 Å². The second kappa shape index (κ2) is 5.74. The Balaban J connectivity index is 2.23. The number of nitrogens with one attached hydrogen (secondary N) is 1. The van der Waals surface area contributed by atoms with Crippen molar-refractivity contribution in [1.29, 1.82) is 0 Å². The summed E-state index contributed by atoms with van der Waals surface area (Å²) < 4.78 is 13.6. The van der Waals surface area contributed by atoms with E-state index >= 15 is 0 Å². The van der Waals surface area contributed by atoms with Gasteiger partial charge in [0, 0.05) is 11.4 Å². The number of benzene rings is 2. The summed E-state index contributed by atoms with van der Waals surface area (Å²) in [5.74, 6) is -0.733. The van der Waals surface area contributed by atoms with Crippen molar-refractivity contribution >= 4 is 17.3 Å². The first-order valence-electron chi connectivity index (χ1n) is 6.43. The quantitative estimate of drug-likeness (QED) is 0.835. The summed E-state index contributed by atoms with van der Waals surface area (Å²) in [5.41, 5.74) is 7.62. The van der Waals surface area contributed by atoms with E-state index in [2.05, 4.69) is 19.2 Å². The lowest BCUT2D eigenvalue weighted by atomic mass is 10.0. The Kier molecular flexibility index (Phi) is 4.03. The minimum atomic E-state index is -0.586. The van der Waals surface area contributed by atoms with Gasteiger partial charge in [0.2, 0.25) is 0 Å². The van der Waals surface area contributed by atoms with E-state index in [1.165, 1.54) is 18.2 Å². The minimum Gasteiger partial charge on any atom is -0.399 e. The average Bonchev–Trinajstić information content (AvgIpc) is 2.41. The smallest absolute Gasteiger partial charge is 0.258 e. The van der Waals surface area contributed by atoms with E-state index in [1.807, 2.05) is 18.2 Å². The van der Waals surface area contributed by atoms with Crippen LogP contribution in [0.1, 0.15) is 35.7 Å². The van der Waals surface area contributed by atoms with Gasteiger partial charge in [0.05, 0.1) is 5.56 Å². The van der Waals surface area contributed by atoms with Crippen molar-refractivity contribution < 1.29 is 9.18 Å². The molecule has 0 saturated heterocycles. The van der Waals surface area contributed by atoms with Crippen LogP contribution in [0, 0.1) is 5.82 Å². The highest BCUT2D eigenvalue weighted by Gasteiger charge is 2.12. The number of halogens is 1. The number of hydrogen-bond acceptors (Lipinski definition) is 2. The van der Waals surface area contributed by atoms with E-state index in [-0.39, 0.29) is 5.56 Å². The van der Waals surface area contributed by atoms with Crippen LogP contribution in [0.2, 0.25) is 0 Å². The standard InChI is InChI=1S/C16H17FN2O/c1-10(2)11-4-3-5-13(8-11)19-16(20)14-9-12(18)6-7-15(14)17/h3-10H,18H2,1-2H3,(H,19,20). The van der Waals surface area contributed by atoms with Crippen molar-refractivity contribution in [2.45, 2.75) is 19.8 Å². The van der Waals surface area contributed by atoms with Crippen molar-refractivity contribution in [3.8, 4) is 0 Å². The Morgan fingerprint density at radius 1 is 1.20 bits per heavy atom. The van der Waals surface area contributed by atoms with Crippen LogP contribution in [-0.4, -0.2) is 5.91 Å². The highest BCUT2D eigenvalue weighted by molar-refractivity contribution is 6.05. The summed E-state index contributed by atoms with van der Waals surface area (Å²) in [4.78, 5) is 12.1. The second-order valence-corrected chi connectivity index (χ2v) is 4.97. The maximum atomic E-state index is 13.6. The molecule has 0 bridgehead atoms. The van der Waals surface area contributed by atoms with E-state index in [0.717, 1.165) is 5.56 Å². The van der Waals surface area contributed by atoms with E-state index < -0.39 is 11.7 Å². The van der Waals surface area contributed by atoms with Crippen LogP contribution in [0.5, 0.6) is 0 Å². The monoisotopic (exact) mass is 272 g/mol. The summed E-state index contributed by atoms with van der Waals surface area (Å²) in [6.07, 6.45) is 0. The molecule has 2 aromatic rings. The number of nitrogen functional groups attached to an aromatic ring is 1. The molecule has 2 aromatic carbocycles. The van der Waals surface area contributed by atoms with Gasteiger partial charge in [-0.3, -0.25) is 4.79 Å². The molecule has 0 aliphatic carbocycles. The Morgan fingerprint density at radius 3 is 2.65 bits per heavy atom. The molecule has 1 amide bonds. The molecule has 2 rings (SSSR count). The number of carbonyl (C=O) groups excluding carboxylic acids is 1. The summed E-state index contributed by atoms with van der Waals surface area (Å²) in [6, 6.07) is 11.4. The van der Waals surface area contributed by atoms with Crippen LogP contribution in [-0.2, 0) is 0 Å². The number of carbonyl (C=O) groups is 1. The molecule has 104 valence electrons. The maximum absolute atomic E-state index is 13.6. The van der Waals surface area contributed by atoms with Crippen molar-refractivity contribution in [1.82, 2.24) is 0 Å². The molecule has 20 heavy (non-hydrogen) atoms. The molecule has 0 saturated carbocycles. The van der Waals surface area contributed by atoms with Crippen LogP contribution >= 0.6 is 0 Å². The van der Waals surface area contributed by atoms with Gasteiger partial charge in [0.15, 0.2) is 0 Å². The largest absolute Gasteiger partial charge is 0.399 e. The molecule has 0 aliphatic heterocycles. The van der Waals surface area contributed by atoms with Crippen molar-refractivity contribution in [3.63, 3.8) is 0 Å². The van der Waals surface area contributed by atoms with E-state index in [4.69, 9.17) is 5.73 Å². The Hall–Kier alpha value is -2.36. The molecule has 0 aliphatic rings. The normalized spacial score (nSPS) is 10.6. The van der Waals surface area contributed by atoms with Gasteiger partial charge in [-0.05, 0) is 41.8 Å². The highest BCUT2D eigenvalue weighted by Crippen LogP contribution is 2.20. The van der Waals surface area contributed by atoms with Crippen LogP contribution in [0.15, 0.2) is 42.5 Å². The van der Waals surface area contributed by atoms with E-state index in [9.17, 15) is 9.18 Å². The number of hydrogen-bond donors (Lipinski definition) is 2. The molecule has 0 atom stereocenters. The molecule has 0 heterocycles. The zero-order chi connectivity index (χ0) is 14.7. The Labute approximate surface area is 117 Å². The lowest BCUT2D eigenvalue weighted by molar-refractivity contribution is 0.102. The molecule has 4 heteroatoms. The zero-order valence-electron chi connectivity index (χ0n) is 11.5. The molecule has 0 aromatic heterocycles. The molecule has 0 radical (unpaired) electrons. The first-order chi connectivity index (χ1) is 9.47. The van der Waals surface area contributed by atoms with E-state index in [1.54, 1.807) is 6.07 Å². The topological polar surface area (TPSA) is 55.1 Å². The molecule has 3 N–H and O–H groups in total. The zero-order valence-corrected chi connectivity index (χ0v) is 11.5. The van der Waals surface area contributed by atoms with Gasteiger partial charge in [0.25, 0.3) is 5.91 Å². The van der Waals surface area contributed by atoms with Crippen molar-refractivity contribution in [2.24, 2.45) is 0 Å². The predicted molar refractivity (Wildman–Crippen MR) is 79.3 cm³/mol. The third-order valence-corrected chi connectivity index (χ3v) is 3.05. The van der Waals surface area contributed by atoms with Gasteiger partial charge in [-0.15, -0.1) is 0 Å². The highest BCUT2D eigenvalue weighted by atomic mass is 19.1. The van der Waals surface area contributed by atoms with E-state index in [0.29, 0.717) is 17.3 Å². The van der Waals surface area contributed by atoms with Crippen LogP contribution < -0.4 is 11.1 Å². The number of amides is 1. The molecule has 3 nitrogen and oxygen atoms in total. The fourth-order valence-corrected chi connectivity index (χ4v) is 1.89. The average molecular weight is 272 g/mol. The van der Waals surface area contributed by atoms with Gasteiger partial charge in [0.1, 0.15) is 5.82 Å². The number of nitrogens with two attached hydrogens (primary N) is 1. The summed E-state index contributed by atoms with van der Waals surface area (Å²) >= 11 is 0. The lowest BCUT2D eigenvalue weighted by Crippen LogP contribution is -2.14. The molecule has 0 unspecified atom stereocenters. The number of anilines is 2. The molecular weight excluding hydrogens is 255 g/mol. The summed E-state index contributed by atoms with van der Waals surface area (Å²) in [7, 11) is 0.